The van der Waals surface area contributed by atoms with Crippen molar-refractivity contribution < 1.29 is 9.32 Å². The standard InChI is InChI=1S/C21H28N4O2S/c1-28-14-19-23-21(27-24-19)13-25-9-8-17(12-25)10-15-2-4-16(5-3-15)11-20(26)22-18-6-7-18/h2-5,17-18H,6-14H2,1H3,(H,22,26). The van der Waals surface area contributed by atoms with Gasteiger partial charge in [-0.25, -0.2) is 0 Å². The van der Waals surface area contributed by atoms with Crippen LogP contribution < -0.4 is 5.32 Å². The Labute approximate surface area is 170 Å². The molecule has 1 atom stereocenters. The van der Waals surface area contributed by atoms with Gasteiger partial charge in [0.1, 0.15) is 0 Å². The van der Waals surface area contributed by atoms with Gasteiger partial charge in [-0.2, -0.15) is 16.7 Å². The first-order chi connectivity index (χ1) is 13.7. The number of likely N-dealkylation sites (tertiary alicyclic amines) is 1. The van der Waals surface area contributed by atoms with Crippen molar-refractivity contribution in [1.29, 1.82) is 0 Å². The summed E-state index contributed by atoms with van der Waals surface area (Å²) in [5, 5.41) is 7.07. The summed E-state index contributed by atoms with van der Waals surface area (Å²) >= 11 is 1.70. The number of hydrogen-bond donors (Lipinski definition) is 1. The van der Waals surface area contributed by atoms with Gasteiger partial charge in [0.05, 0.1) is 18.7 Å². The van der Waals surface area contributed by atoms with E-state index in [1.54, 1.807) is 11.8 Å². The predicted octanol–water partition coefficient (Wildman–Crippen LogP) is 2.82. The number of aromatic nitrogens is 2. The highest BCUT2D eigenvalue weighted by atomic mass is 32.2. The molecule has 0 bridgehead atoms. The van der Waals surface area contributed by atoms with Crippen LogP contribution in [0.15, 0.2) is 28.8 Å². The number of rotatable bonds is 9. The van der Waals surface area contributed by atoms with Crippen LogP contribution in [0.5, 0.6) is 0 Å². The summed E-state index contributed by atoms with van der Waals surface area (Å²) in [7, 11) is 0. The molecule has 4 rings (SSSR count). The highest BCUT2D eigenvalue weighted by molar-refractivity contribution is 7.97. The Kier molecular flexibility index (Phi) is 6.32. The fourth-order valence-corrected chi connectivity index (χ4v) is 4.15. The van der Waals surface area contributed by atoms with Crippen LogP contribution >= 0.6 is 11.8 Å². The van der Waals surface area contributed by atoms with Crippen LogP contribution in [0, 0.1) is 5.92 Å². The van der Waals surface area contributed by atoms with Gasteiger partial charge in [0.15, 0.2) is 5.82 Å². The van der Waals surface area contributed by atoms with E-state index in [2.05, 4.69) is 44.6 Å². The first-order valence-electron chi connectivity index (χ1n) is 10.1. The van der Waals surface area contributed by atoms with Crippen LogP contribution in [0.1, 0.15) is 42.1 Å². The Bertz CT molecular complexity index is 788. The average molecular weight is 401 g/mol. The van der Waals surface area contributed by atoms with Gasteiger partial charge >= 0.3 is 0 Å². The maximum atomic E-state index is 11.9. The molecular formula is C21H28N4O2S. The number of nitrogens with one attached hydrogen (secondary N) is 1. The molecule has 2 aromatic rings. The predicted molar refractivity (Wildman–Crippen MR) is 110 cm³/mol. The van der Waals surface area contributed by atoms with Gasteiger partial charge in [-0.05, 0) is 55.5 Å². The van der Waals surface area contributed by atoms with Crippen LogP contribution in [0.2, 0.25) is 0 Å². The van der Waals surface area contributed by atoms with E-state index in [0.717, 1.165) is 61.9 Å². The molecule has 1 unspecified atom stereocenters. The average Bonchev–Trinajstić information content (AvgIpc) is 3.20. The van der Waals surface area contributed by atoms with Crippen LogP contribution in [0.25, 0.3) is 0 Å². The van der Waals surface area contributed by atoms with Crippen LogP contribution in [-0.2, 0) is 29.9 Å². The maximum absolute atomic E-state index is 11.9. The van der Waals surface area contributed by atoms with Crippen molar-refractivity contribution in [3.63, 3.8) is 0 Å². The number of hydrogen-bond acceptors (Lipinski definition) is 6. The minimum Gasteiger partial charge on any atom is -0.353 e. The normalized spacial score (nSPS) is 19.8. The van der Waals surface area contributed by atoms with Crippen LogP contribution in [-0.4, -0.2) is 46.3 Å². The lowest BCUT2D eigenvalue weighted by atomic mass is 9.97. The summed E-state index contributed by atoms with van der Waals surface area (Å²) in [5.41, 5.74) is 2.44. The molecule has 1 amide bonds. The second-order valence-electron chi connectivity index (χ2n) is 7.97. The molecule has 1 aromatic heterocycles. The zero-order valence-corrected chi connectivity index (χ0v) is 17.2. The number of thioether (sulfide) groups is 1. The van der Waals surface area contributed by atoms with Crippen molar-refractivity contribution in [2.75, 3.05) is 19.3 Å². The fraction of sp³-hybridized carbons (Fsp3) is 0.571. The van der Waals surface area contributed by atoms with Crippen LogP contribution in [0.3, 0.4) is 0 Å². The summed E-state index contributed by atoms with van der Waals surface area (Å²) < 4.78 is 5.36. The molecule has 1 aromatic carbocycles. The molecule has 28 heavy (non-hydrogen) atoms. The fourth-order valence-electron chi connectivity index (χ4n) is 3.77. The van der Waals surface area contributed by atoms with Crippen molar-refractivity contribution in [1.82, 2.24) is 20.4 Å². The Balaban J connectivity index is 1.22. The molecule has 1 saturated heterocycles. The second-order valence-corrected chi connectivity index (χ2v) is 8.83. The van der Waals surface area contributed by atoms with Gasteiger partial charge < -0.3 is 9.84 Å². The minimum absolute atomic E-state index is 0.142. The van der Waals surface area contributed by atoms with Crippen molar-refractivity contribution in [3.05, 3.63) is 47.1 Å². The van der Waals surface area contributed by atoms with Gasteiger partial charge in [-0.3, -0.25) is 9.69 Å². The molecule has 6 nitrogen and oxygen atoms in total. The van der Waals surface area contributed by atoms with E-state index < -0.39 is 0 Å². The van der Waals surface area contributed by atoms with Gasteiger partial charge in [-0.1, -0.05) is 29.4 Å². The van der Waals surface area contributed by atoms with Crippen molar-refractivity contribution in [2.24, 2.45) is 5.92 Å². The topological polar surface area (TPSA) is 71.3 Å². The molecule has 1 saturated carbocycles. The Morgan fingerprint density at radius 3 is 2.79 bits per heavy atom. The highest BCUT2D eigenvalue weighted by Crippen LogP contribution is 2.23. The van der Waals surface area contributed by atoms with Crippen molar-refractivity contribution in [3.8, 4) is 0 Å². The zero-order chi connectivity index (χ0) is 19.3. The van der Waals surface area contributed by atoms with E-state index >= 15 is 0 Å². The van der Waals surface area contributed by atoms with Crippen LogP contribution in [0.4, 0.5) is 0 Å². The molecular weight excluding hydrogens is 372 g/mol. The number of nitrogens with zero attached hydrogens (tertiary/aromatic N) is 3. The third-order valence-corrected chi connectivity index (χ3v) is 5.91. The lowest BCUT2D eigenvalue weighted by Gasteiger charge is -2.13. The first kappa shape index (κ1) is 19.5. The number of carbonyl (C=O) groups excluding carboxylic acids is 1. The van der Waals surface area contributed by atoms with E-state index in [9.17, 15) is 4.79 Å². The number of amides is 1. The molecule has 0 spiro atoms. The summed E-state index contributed by atoms with van der Waals surface area (Å²) in [6, 6.07) is 8.98. The molecule has 1 aliphatic heterocycles. The van der Waals surface area contributed by atoms with E-state index in [4.69, 9.17) is 4.52 Å². The van der Waals surface area contributed by atoms with E-state index in [1.165, 1.54) is 12.0 Å². The molecule has 0 radical (unpaired) electrons. The van der Waals surface area contributed by atoms with Gasteiger partial charge in [0, 0.05) is 12.6 Å². The molecule has 7 heteroatoms. The summed E-state index contributed by atoms with van der Waals surface area (Å²) in [6.45, 7) is 2.88. The quantitative estimate of drug-likeness (QED) is 0.698. The molecule has 2 heterocycles. The van der Waals surface area contributed by atoms with Gasteiger partial charge in [0.25, 0.3) is 0 Å². The second kappa shape index (κ2) is 9.09. The van der Waals surface area contributed by atoms with Crippen molar-refractivity contribution in [2.45, 2.75) is 50.4 Å². The first-order valence-corrected chi connectivity index (χ1v) is 11.5. The van der Waals surface area contributed by atoms with E-state index in [0.29, 0.717) is 18.4 Å². The van der Waals surface area contributed by atoms with E-state index in [1.807, 2.05) is 6.26 Å². The maximum Gasteiger partial charge on any atom is 0.240 e. The Morgan fingerprint density at radius 2 is 2.04 bits per heavy atom. The molecule has 150 valence electrons. The Hall–Kier alpha value is -1.86. The highest BCUT2D eigenvalue weighted by Gasteiger charge is 2.25. The summed E-state index contributed by atoms with van der Waals surface area (Å²) in [4.78, 5) is 18.8. The lowest BCUT2D eigenvalue weighted by Crippen LogP contribution is -2.26. The molecule has 1 aliphatic carbocycles. The van der Waals surface area contributed by atoms with E-state index in [-0.39, 0.29) is 5.91 Å². The lowest BCUT2D eigenvalue weighted by molar-refractivity contribution is -0.120. The third kappa shape index (κ3) is 5.58. The van der Waals surface area contributed by atoms with Gasteiger partial charge in [0.2, 0.25) is 11.8 Å². The molecule has 1 N–H and O–H groups in total. The minimum atomic E-state index is 0.142. The zero-order valence-electron chi connectivity index (χ0n) is 16.4. The third-order valence-electron chi connectivity index (χ3n) is 5.37. The SMILES string of the molecule is CSCc1noc(CN2CCC(Cc3ccc(CC(=O)NC4CC4)cc3)C2)n1. The number of carbonyl (C=O) groups is 1. The monoisotopic (exact) mass is 400 g/mol. The summed E-state index contributed by atoms with van der Waals surface area (Å²) in [5.74, 6) is 3.09. The summed E-state index contributed by atoms with van der Waals surface area (Å²) in [6.07, 6.45) is 7.06. The Morgan fingerprint density at radius 1 is 1.25 bits per heavy atom. The molecule has 2 aliphatic rings. The smallest absolute Gasteiger partial charge is 0.240 e. The van der Waals surface area contributed by atoms with Crippen molar-refractivity contribution >= 4 is 17.7 Å². The van der Waals surface area contributed by atoms with Gasteiger partial charge in [-0.15, -0.1) is 0 Å². The molecule has 2 fully saturated rings. The number of benzene rings is 1. The largest absolute Gasteiger partial charge is 0.353 e.